The van der Waals surface area contributed by atoms with Gasteiger partial charge < -0.3 is 15.0 Å². The zero-order valence-electron chi connectivity index (χ0n) is 19.9. The molecule has 4 rings (SSSR count). The van der Waals surface area contributed by atoms with Gasteiger partial charge in [0.1, 0.15) is 0 Å². The third-order valence-electron chi connectivity index (χ3n) is 5.67. The predicted molar refractivity (Wildman–Crippen MR) is 128 cm³/mol. The van der Waals surface area contributed by atoms with Gasteiger partial charge in [0.2, 0.25) is 0 Å². The van der Waals surface area contributed by atoms with E-state index in [0.29, 0.717) is 37.7 Å². The molecule has 3 aromatic rings. The largest absolute Gasteiger partial charge is 0.416 e. The molecule has 0 saturated carbocycles. The first-order valence-electron chi connectivity index (χ1n) is 11.5. The zero-order chi connectivity index (χ0) is 25.7. The number of benzene rings is 2. The van der Waals surface area contributed by atoms with Gasteiger partial charge in [-0.15, -0.1) is 5.11 Å². The van der Waals surface area contributed by atoms with Crippen molar-refractivity contribution in [2.75, 3.05) is 36.5 Å². The molecule has 0 atom stereocenters. The van der Waals surface area contributed by atoms with Crippen LogP contribution in [-0.2, 0) is 17.5 Å². The molecule has 0 amide bonds. The summed E-state index contributed by atoms with van der Waals surface area (Å²) >= 11 is 0. The van der Waals surface area contributed by atoms with Crippen molar-refractivity contribution in [3.05, 3.63) is 71.2 Å². The monoisotopic (exact) mass is 502 g/mol. The molecule has 0 aliphatic carbocycles. The van der Waals surface area contributed by atoms with Crippen LogP contribution < -0.4 is 10.2 Å². The summed E-state index contributed by atoms with van der Waals surface area (Å²) < 4.78 is 58.6. The maximum absolute atomic E-state index is 14.2. The number of rotatable bonds is 7. The number of hydrogen-bond acceptors (Lipinski definition) is 7. The first kappa shape index (κ1) is 25.5. The summed E-state index contributed by atoms with van der Waals surface area (Å²) in [5.41, 5.74) is 2.17. The average molecular weight is 503 g/mol. The van der Waals surface area contributed by atoms with E-state index in [9.17, 15) is 17.6 Å². The van der Waals surface area contributed by atoms with E-state index in [4.69, 9.17) is 4.74 Å². The van der Waals surface area contributed by atoms with E-state index in [1.165, 1.54) is 6.07 Å². The summed E-state index contributed by atoms with van der Waals surface area (Å²) in [4.78, 5) is 9.90. The molecule has 1 saturated heterocycles. The molecular weight excluding hydrogens is 476 g/mol. The van der Waals surface area contributed by atoms with Crippen molar-refractivity contribution in [1.82, 2.24) is 9.97 Å². The smallest absolute Gasteiger partial charge is 0.378 e. The van der Waals surface area contributed by atoms with Crippen molar-refractivity contribution in [3.8, 4) is 0 Å². The molecule has 2 heterocycles. The van der Waals surface area contributed by atoms with Crippen LogP contribution in [0.3, 0.4) is 0 Å². The number of alkyl halides is 3. The van der Waals surface area contributed by atoms with Crippen LogP contribution in [0.25, 0.3) is 0 Å². The van der Waals surface area contributed by atoms with Crippen LogP contribution in [0, 0.1) is 5.82 Å². The highest BCUT2D eigenvalue weighted by Gasteiger charge is 2.30. The van der Waals surface area contributed by atoms with Crippen molar-refractivity contribution >= 4 is 23.1 Å². The molecule has 1 aliphatic rings. The summed E-state index contributed by atoms with van der Waals surface area (Å²) in [5.74, 6) is -0.155. The second kappa shape index (κ2) is 11.0. The Kier molecular flexibility index (Phi) is 7.78. The van der Waals surface area contributed by atoms with Crippen molar-refractivity contribution in [1.29, 1.82) is 0 Å². The molecule has 0 spiro atoms. The Balaban J connectivity index is 1.48. The lowest BCUT2D eigenvalue weighted by molar-refractivity contribution is -0.137. The fourth-order valence-electron chi connectivity index (χ4n) is 3.86. The van der Waals surface area contributed by atoms with E-state index < -0.39 is 17.6 Å². The maximum Gasteiger partial charge on any atom is 0.416 e. The van der Waals surface area contributed by atoms with Gasteiger partial charge in [-0.1, -0.05) is 26.0 Å². The van der Waals surface area contributed by atoms with Gasteiger partial charge in [0, 0.05) is 24.5 Å². The van der Waals surface area contributed by atoms with Gasteiger partial charge in [-0.2, -0.15) is 23.3 Å². The highest BCUT2D eigenvalue weighted by molar-refractivity contribution is 5.62. The molecule has 1 fully saturated rings. The van der Waals surface area contributed by atoms with Crippen molar-refractivity contribution in [2.45, 2.75) is 32.5 Å². The number of aromatic nitrogens is 2. The first-order chi connectivity index (χ1) is 17.2. The van der Waals surface area contributed by atoms with Gasteiger partial charge in [0.15, 0.2) is 11.6 Å². The Hall–Kier alpha value is -3.60. The van der Waals surface area contributed by atoms with Gasteiger partial charge in [0.25, 0.3) is 5.95 Å². The van der Waals surface area contributed by atoms with Gasteiger partial charge in [0.05, 0.1) is 31.5 Å². The molecule has 0 radical (unpaired) electrons. The quantitative estimate of drug-likeness (QED) is 0.290. The highest BCUT2D eigenvalue weighted by Crippen LogP contribution is 2.32. The number of ether oxygens (including phenoxy) is 1. The SMILES string of the molecule is CC(C)c1cc(Nc2cccc(C(F)(F)F)c2)ccc1CN=Nc1ncc(F)c(N2CCOCC2)n1. The minimum Gasteiger partial charge on any atom is -0.378 e. The van der Waals surface area contributed by atoms with Crippen LogP contribution in [0.15, 0.2) is 58.9 Å². The van der Waals surface area contributed by atoms with E-state index >= 15 is 0 Å². The fraction of sp³-hybridized carbons (Fsp3) is 0.360. The number of azo groups is 1. The number of anilines is 3. The summed E-state index contributed by atoms with van der Waals surface area (Å²) in [5, 5.41) is 11.3. The summed E-state index contributed by atoms with van der Waals surface area (Å²) in [6.45, 7) is 6.33. The van der Waals surface area contributed by atoms with Gasteiger partial charge in [-0.05, 0) is 47.4 Å². The lowest BCUT2D eigenvalue weighted by Crippen LogP contribution is -2.37. The molecule has 36 heavy (non-hydrogen) atoms. The summed E-state index contributed by atoms with van der Waals surface area (Å²) in [6.07, 6.45) is -3.33. The molecule has 1 N–H and O–H groups in total. The van der Waals surface area contributed by atoms with Crippen molar-refractivity contribution in [2.24, 2.45) is 10.2 Å². The van der Waals surface area contributed by atoms with Crippen LogP contribution in [0.4, 0.5) is 40.7 Å². The lowest BCUT2D eigenvalue weighted by Gasteiger charge is -2.27. The van der Waals surface area contributed by atoms with Gasteiger partial charge >= 0.3 is 6.18 Å². The molecule has 1 aromatic heterocycles. The second-order valence-corrected chi connectivity index (χ2v) is 8.61. The Labute approximate surface area is 206 Å². The number of morpholine rings is 1. The zero-order valence-corrected chi connectivity index (χ0v) is 19.9. The topological polar surface area (TPSA) is 75.0 Å². The van der Waals surface area contributed by atoms with Gasteiger partial charge in [-0.3, -0.25) is 0 Å². The van der Waals surface area contributed by atoms with Crippen LogP contribution in [0.2, 0.25) is 0 Å². The molecule has 0 unspecified atom stereocenters. The predicted octanol–water partition coefficient (Wildman–Crippen LogP) is 6.62. The summed E-state index contributed by atoms with van der Waals surface area (Å²) in [7, 11) is 0. The van der Waals surface area contributed by atoms with E-state index in [1.807, 2.05) is 26.0 Å². The molecule has 1 aliphatic heterocycles. The van der Waals surface area contributed by atoms with E-state index in [-0.39, 0.29) is 24.2 Å². The van der Waals surface area contributed by atoms with E-state index in [1.54, 1.807) is 17.0 Å². The van der Waals surface area contributed by atoms with Gasteiger partial charge in [-0.25, -0.2) is 9.37 Å². The van der Waals surface area contributed by atoms with Crippen LogP contribution >= 0.6 is 0 Å². The van der Waals surface area contributed by atoms with E-state index in [0.717, 1.165) is 29.5 Å². The van der Waals surface area contributed by atoms with Crippen LogP contribution in [-0.4, -0.2) is 36.3 Å². The Morgan fingerprint density at radius 2 is 1.83 bits per heavy atom. The second-order valence-electron chi connectivity index (χ2n) is 8.61. The molecule has 7 nitrogen and oxygen atoms in total. The van der Waals surface area contributed by atoms with Crippen LogP contribution in [0.1, 0.15) is 36.5 Å². The third kappa shape index (κ3) is 6.34. The number of nitrogens with zero attached hydrogens (tertiary/aromatic N) is 5. The third-order valence-corrected chi connectivity index (χ3v) is 5.67. The normalized spacial score (nSPS) is 14.6. The number of hydrogen-bond donors (Lipinski definition) is 1. The molecular formula is C25H26F4N6O. The molecule has 11 heteroatoms. The minimum absolute atomic E-state index is 0.0619. The van der Waals surface area contributed by atoms with Crippen LogP contribution in [0.5, 0.6) is 0 Å². The molecule has 2 aromatic carbocycles. The lowest BCUT2D eigenvalue weighted by atomic mass is 9.96. The Morgan fingerprint density at radius 1 is 1.08 bits per heavy atom. The maximum atomic E-state index is 14.2. The van der Waals surface area contributed by atoms with Crippen molar-refractivity contribution in [3.63, 3.8) is 0 Å². The first-order valence-corrected chi connectivity index (χ1v) is 11.5. The molecule has 0 bridgehead atoms. The average Bonchev–Trinajstić information content (AvgIpc) is 2.86. The Morgan fingerprint density at radius 3 is 2.56 bits per heavy atom. The fourth-order valence-corrected chi connectivity index (χ4v) is 3.86. The minimum atomic E-state index is -4.41. The Bertz CT molecular complexity index is 1230. The van der Waals surface area contributed by atoms with E-state index in [2.05, 4.69) is 25.5 Å². The highest BCUT2D eigenvalue weighted by atomic mass is 19.4. The number of nitrogens with one attached hydrogen (secondary N) is 1. The standard InChI is InChI=1S/C25H26F4N6O/c1-16(2)21-13-20(32-19-5-3-4-18(12-19)25(27,28)29)7-6-17(21)14-31-34-24-30-15-22(26)23(33-24)35-8-10-36-11-9-35/h3-7,12-13,15-16,32H,8-11,14H2,1-2H3. The van der Waals surface area contributed by atoms with Crippen molar-refractivity contribution < 1.29 is 22.3 Å². The molecule has 190 valence electrons. The summed E-state index contributed by atoms with van der Waals surface area (Å²) in [6, 6.07) is 10.6. The number of halogens is 4.